The summed E-state index contributed by atoms with van der Waals surface area (Å²) in [7, 11) is 0. The maximum Gasteiger partial charge on any atom is 0.133 e. The zero-order valence-corrected chi connectivity index (χ0v) is 6.84. The maximum absolute atomic E-state index is 11.1. The summed E-state index contributed by atoms with van der Waals surface area (Å²) in [5.74, 6) is 0.802. The molecule has 0 saturated heterocycles. The van der Waals surface area contributed by atoms with Crippen molar-refractivity contribution in [3.63, 3.8) is 0 Å². The van der Waals surface area contributed by atoms with Crippen molar-refractivity contribution in [1.82, 2.24) is 0 Å². The molecule has 0 aliphatic heterocycles. The fourth-order valence-corrected chi connectivity index (χ4v) is 2.67. The molecule has 0 aromatic carbocycles. The van der Waals surface area contributed by atoms with Crippen LogP contribution in [-0.4, -0.2) is 17.0 Å². The summed E-state index contributed by atoms with van der Waals surface area (Å²) < 4.78 is 0. The van der Waals surface area contributed by atoms with Crippen molar-refractivity contribution in [3.8, 4) is 0 Å². The Morgan fingerprint density at radius 1 is 1.64 bits per heavy atom. The van der Waals surface area contributed by atoms with Gasteiger partial charge in [-0.15, -0.1) is 0 Å². The maximum atomic E-state index is 11.1. The van der Waals surface area contributed by atoms with E-state index in [9.17, 15) is 9.90 Å². The van der Waals surface area contributed by atoms with Gasteiger partial charge in [0, 0.05) is 12.8 Å². The van der Waals surface area contributed by atoms with E-state index in [0.29, 0.717) is 24.5 Å². The van der Waals surface area contributed by atoms with Gasteiger partial charge in [0.15, 0.2) is 0 Å². The minimum Gasteiger partial charge on any atom is -0.393 e. The highest BCUT2D eigenvalue weighted by Crippen LogP contribution is 2.54. The molecule has 0 radical (unpaired) electrons. The summed E-state index contributed by atoms with van der Waals surface area (Å²) in [4.78, 5) is 11.1. The number of carbonyl (C=O) groups excluding carboxylic acids is 1. The third-order valence-electron chi connectivity index (χ3n) is 3.37. The van der Waals surface area contributed by atoms with E-state index in [-0.39, 0.29) is 11.5 Å². The lowest BCUT2D eigenvalue weighted by atomic mass is 9.53. The van der Waals surface area contributed by atoms with Crippen molar-refractivity contribution in [2.24, 2.45) is 11.3 Å². The summed E-state index contributed by atoms with van der Waals surface area (Å²) in [5.41, 5.74) is 0.161. The second-order valence-corrected chi connectivity index (χ2v) is 4.29. The third-order valence-corrected chi connectivity index (χ3v) is 3.37. The highest BCUT2D eigenvalue weighted by Gasteiger charge is 2.52. The molecule has 2 nitrogen and oxygen atoms in total. The SMILES string of the molecule is C[C@]12CC(=O)CC[C@H]1[C@@H](O)C2. The number of aliphatic hydroxyl groups is 1. The van der Waals surface area contributed by atoms with Crippen molar-refractivity contribution in [2.45, 2.75) is 38.7 Å². The van der Waals surface area contributed by atoms with Crippen LogP contribution in [0.15, 0.2) is 0 Å². The molecule has 2 aliphatic carbocycles. The summed E-state index contributed by atoms with van der Waals surface area (Å²) in [6, 6.07) is 0. The highest BCUT2D eigenvalue weighted by atomic mass is 16.3. The molecule has 62 valence electrons. The number of ketones is 1. The van der Waals surface area contributed by atoms with E-state index in [0.717, 1.165) is 12.8 Å². The molecule has 0 heterocycles. The number of hydrogen-bond acceptors (Lipinski definition) is 2. The molecule has 0 aromatic rings. The Kier molecular flexibility index (Phi) is 1.37. The molecule has 2 rings (SSSR count). The first-order valence-corrected chi connectivity index (χ1v) is 4.32. The molecule has 3 atom stereocenters. The lowest BCUT2D eigenvalue weighted by molar-refractivity contribution is -0.148. The fraction of sp³-hybridized carbons (Fsp3) is 0.889. The van der Waals surface area contributed by atoms with Crippen LogP contribution < -0.4 is 0 Å². The molecule has 0 spiro atoms. The number of aliphatic hydroxyl groups excluding tert-OH is 1. The second-order valence-electron chi connectivity index (χ2n) is 4.29. The zero-order valence-electron chi connectivity index (χ0n) is 6.84. The van der Waals surface area contributed by atoms with Gasteiger partial charge in [-0.05, 0) is 24.2 Å². The molecule has 2 heteroatoms. The van der Waals surface area contributed by atoms with Crippen LogP contribution in [0.4, 0.5) is 0 Å². The predicted octanol–water partition coefficient (Wildman–Crippen LogP) is 1.13. The van der Waals surface area contributed by atoms with E-state index in [2.05, 4.69) is 6.92 Å². The van der Waals surface area contributed by atoms with Gasteiger partial charge in [0.2, 0.25) is 0 Å². The van der Waals surface area contributed by atoms with Gasteiger partial charge < -0.3 is 5.11 Å². The summed E-state index contributed by atoms with van der Waals surface area (Å²) in [6.07, 6.45) is 3.03. The molecule has 2 saturated carbocycles. The number of carbonyl (C=O) groups is 1. The fourth-order valence-electron chi connectivity index (χ4n) is 2.67. The van der Waals surface area contributed by atoms with E-state index in [4.69, 9.17) is 0 Å². The van der Waals surface area contributed by atoms with Gasteiger partial charge in [-0.1, -0.05) is 6.92 Å². The lowest BCUT2D eigenvalue weighted by Crippen LogP contribution is -2.53. The molecular formula is C9H14O2. The third kappa shape index (κ3) is 0.924. The van der Waals surface area contributed by atoms with Crippen molar-refractivity contribution < 1.29 is 9.90 Å². The largest absolute Gasteiger partial charge is 0.393 e. The van der Waals surface area contributed by atoms with Crippen LogP contribution in [0.1, 0.15) is 32.6 Å². The molecular weight excluding hydrogens is 140 g/mol. The molecule has 2 fully saturated rings. The van der Waals surface area contributed by atoms with E-state index < -0.39 is 0 Å². The molecule has 0 bridgehead atoms. The van der Waals surface area contributed by atoms with Gasteiger partial charge in [-0.3, -0.25) is 4.79 Å². The number of hydrogen-bond donors (Lipinski definition) is 1. The van der Waals surface area contributed by atoms with Crippen LogP contribution >= 0.6 is 0 Å². The smallest absolute Gasteiger partial charge is 0.133 e. The Balaban J connectivity index is 2.11. The van der Waals surface area contributed by atoms with Crippen LogP contribution in [0.25, 0.3) is 0 Å². The van der Waals surface area contributed by atoms with Crippen LogP contribution in [0.3, 0.4) is 0 Å². The van der Waals surface area contributed by atoms with Crippen LogP contribution in [0, 0.1) is 11.3 Å². The predicted molar refractivity (Wildman–Crippen MR) is 41.1 cm³/mol. The Morgan fingerprint density at radius 2 is 2.36 bits per heavy atom. The number of rotatable bonds is 0. The van der Waals surface area contributed by atoms with Gasteiger partial charge in [0.05, 0.1) is 6.10 Å². The molecule has 11 heavy (non-hydrogen) atoms. The van der Waals surface area contributed by atoms with Gasteiger partial charge in [0.25, 0.3) is 0 Å². The molecule has 2 aliphatic rings. The average Bonchev–Trinajstić information content (AvgIpc) is 1.84. The summed E-state index contributed by atoms with van der Waals surface area (Å²) in [6.45, 7) is 2.13. The molecule has 0 amide bonds. The zero-order chi connectivity index (χ0) is 8.06. The van der Waals surface area contributed by atoms with Crippen molar-refractivity contribution in [1.29, 1.82) is 0 Å². The quantitative estimate of drug-likeness (QED) is 0.568. The van der Waals surface area contributed by atoms with Crippen LogP contribution in [0.2, 0.25) is 0 Å². The van der Waals surface area contributed by atoms with Crippen molar-refractivity contribution in [2.75, 3.05) is 0 Å². The van der Waals surface area contributed by atoms with E-state index in [1.165, 1.54) is 0 Å². The lowest BCUT2D eigenvalue weighted by Gasteiger charge is -2.53. The second kappa shape index (κ2) is 2.07. The molecule has 0 unspecified atom stereocenters. The van der Waals surface area contributed by atoms with Gasteiger partial charge in [-0.2, -0.15) is 0 Å². The molecule has 1 N–H and O–H groups in total. The first-order valence-electron chi connectivity index (χ1n) is 4.32. The minimum atomic E-state index is -0.118. The topological polar surface area (TPSA) is 37.3 Å². The first kappa shape index (κ1) is 7.29. The summed E-state index contributed by atoms with van der Waals surface area (Å²) >= 11 is 0. The van der Waals surface area contributed by atoms with E-state index >= 15 is 0 Å². The average molecular weight is 154 g/mol. The monoisotopic (exact) mass is 154 g/mol. The Bertz CT molecular complexity index is 200. The van der Waals surface area contributed by atoms with E-state index in [1.807, 2.05) is 0 Å². The Morgan fingerprint density at radius 3 is 2.91 bits per heavy atom. The van der Waals surface area contributed by atoms with Gasteiger partial charge in [0.1, 0.15) is 5.78 Å². The standard InChI is InChI=1S/C9H14O2/c1-9-4-6(10)2-3-7(9)8(11)5-9/h7-8,11H,2-5H2,1H3/t7-,8-,9+/m0/s1. The number of Topliss-reactive ketones (excluding diaryl/α,β-unsaturated/α-hetero) is 1. The normalized spacial score (nSPS) is 49.8. The van der Waals surface area contributed by atoms with Crippen molar-refractivity contribution >= 4 is 5.78 Å². The Labute approximate surface area is 66.6 Å². The Hall–Kier alpha value is -0.370. The minimum absolute atomic E-state index is 0.118. The highest BCUT2D eigenvalue weighted by molar-refractivity contribution is 5.80. The van der Waals surface area contributed by atoms with Crippen molar-refractivity contribution in [3.05, 3.63) is 0 Å². The first-order chi connectivity index (χ1) is 5.12. The molecule has 0 aromatic heterocycles. The van der Waals surface area contributed by atoms with Crippen LogP contribution in [-0.2, 0) is 4.79 Å². The van der Waals surface area contributed by atoms with Crippen LogP contribution in [0.5, 0.6) is 0 Å². The van der Waals surface area contributed by atoms with E-state index in [1.54, 1.807) is 0 Å². The van der Waals surface area contributed by atoms with Gasteiger partial charge >= 0.3 is 0 Å². The van der Waals surface area contributed by atoms with Gasteiger partial charge in [-0.25, -0.2) is 0 Å². The number of fused-ring (bicyclic) bond motifs is 1. The summed E-state index contributed by atoms with van der Waals surface area (Å²) in [5, 5.41) is 9.38.